The van der Waals surface area contributed by atoms with Crippen molar-refractivity contribution in [1.82, 2.24) is 0 Å². The molecule has 0 bridgehead atoms. The number of rotatable bonds is 19. The smallest absolute Gasteiger partial charge is 0.0965 e. The zero-order chi connectivity index (χ0) is 22.0. The molecule has 2 heteroatoms. The van der Waals surface area contributed by atoms with Crippen LogP contribution in [-0.4, -0.2) is 12.4 Å². The Bertz CT molecular complexity index is 580. The molecule has 0 aromatic heterocycles. The fourth-order valence-corrected chi connectivity index (χ4v) is 4.89. The summed E-state index contributed by atoms with van der Waals surface area (Å²) in [6, 6.07) is 10.9. The molecule has 0 fully saturated rings. The molecule has 0 saturated carbocycles. The number of hydrogen-bond donors (Lipinski definition) is 0. The molecule has 0 saturated heterocycles. The van der Waals surface area contributed by atoms with Crippen molar-refractivity contribution in [2.45, 2.75) is 117 Å². The lowest BCUT2D eigenvalue weighted by molar-refractivity contribution is 0.300. The first kappa shape index (κ1) is 25.7. The zero-order valence-electron chi connectivity index (χ0n) is 20.4. The predicted octanol–water partition coefficient (Wildman–Crippen LogP) is 9.00. The molecular weight excluding hydrogens is 376 g/mol. The highest BCUT2D eigenvalue weighted by atomic mass is 15.0. The number of hydrogen-bond acceptors (Lipinski definition) is 2. The average molecular weight is 424 g/mol. The Kier molecular flexibility index (Phi) is 14.1. The van der Waals surface area contributed by atoms with Gasteiger partial charge in [0.15, 0.2) is 12.4 Å². The van der Waals surface area contributed by atoms with E-state index < -0.39 is 0 Å². The van der Waals surface area contributed by atoms with Gasteiger partial charge in [0, 0.05) is 0 Å². The van der Waals surface area contributed by atoms with Gasteiger partial charge in [-0.2, -0.15) is 0 Å². The maximum absolute atomic E-state index is 4.60. The van der Waals surface area contributed by atoms with E-state index in [9.17, 15) is 0 Å². The minimum absolute atomic E-state index is 0.493. The van der Waals surface area contributed by atoms with Crippen LogP contribution in [0, 0.1) is 18.0 Å². The topological polar surface area (TPSA) is 24.7 Å². The summed E-state index contributed by atoms with van der Waals surface area (Å²) in [5.41, 5.74) is 1.44. The molecular formula is C29H47N2+. The fraction of sp³-hybridized carbons (Fsp3) is 0.690. The molecule has 0 aliphatic carbocycles. The molecule has 2 rings (SSSR count). The number of unbranched alkanes of at least 4 members (excludes halogenated alkanes) is 12. The molecule has 0 spiro atoms. The van der Waals surface area contributed by atoms with E-state index in [0.717, 1.165) is 12.6 Å². The van der Waals surface area contributed by atoms with E-state index in [1.54, 1.807) is 0 Å². The summed E-state index contributed by atoms with van der Waals surface area (Å²) in [5.74, 6) is 1.12. The molecule has 2 atom stereocenters. The van der Waals surface area contributed by atoms with Crippen molar-refractivity contribution < 1.29 is 0 Å². The molecule has 1 heterocycles. The minimum atomic E-state index is 0.493. The Morgan fingerprint density at radius 2 is 1.19 bits per heavy atom. The lowest BCUT2D eigenvalue weighted by Crippen LogP contribution is -2.21. The lowest BCUT2D eigenvalue weighted by atomic mass is 9.80. The Balaban J connectivity index is 1.60. The monoisotopic (exact) mass is 423 g/mol. The highest BCUT2D eigenvalue weighted by molar-refractivity contribution is 6.18. The summed E-state index contributed by atoms with van der Waals surface area (Å²) in [7, 11) is 0. The van der Waals surface area contributed by atoms with Gasteiger partial charge in [-0.15, -0.1) is 0 Å². The standard InChI is InChI=1S/C29H47N2/c1-3-5-6-7-8-9-10-11-12-13-14-15-19-22-28(29-30-23-24-31-29)27(4-2)25-26-20-17-16-18-21-26/h16-18,20-21,23-24,27-28H,3-15,19,22,25H2,1-2H3/q+1. The second-order valence-electron chi connectivity index (χ2n) is 9.41. The first-order chi connectivity index (χ1) is 15.3. The number of aliphatic imine (C=N–C) groups is 2. The first-order valence-corrected chi connectivity index (χ1v) is 13.3. The van der Waals surface area contributed by atoms with Gasteiger partial charge in [-0.05, 0) is 24.3 Å². The largest absolute Gasteiger partial charge is 0.244 e. The Morgan fingerprint density at radius 1 is 0.677 bits per heavy atom. The maximum atomic E-state index is 4.60. The Hall–Kier alpha value is -1.57. The van der Waals surface area contributed by atoms with Crippen LogP contribution in [0.5, 0.6) is 0 Å². The predicted molar refractivity (Wildman–Crippen MR) is 138 cm³/mol. The van der Waals surface area contributed by atoms with E-state index in [1.165, 1.54) is 102 Å². The summed E-state index contributed by atoms with van der Waals surface area (Å²) < 4.78 is 0. The van der Waals surface area contributed by atoms with Gasteiger partial charge in [0.1, 0.15) is 0 Å². The number of benzene rings is 1. The van der Waals surface area contributed by atoms with Gasteiger partial charge in [-0.3, -0.25) is 0 Å². The molecule has 172 valence electrons. The van der Waals surface area contributed by atoms with Gasteiger partial charge in [-0.1, -0.05) is 144 Å². The Labute approximate surface area is 193 Å². The van der Waals surface area contributed by atoms with Gasteiger partial charge >= 0.3 is 0 Å². The molecule has 31 heavy (non-hydrogen) atoms. The van der Waals surface area contributed by atoms with Crippen molar-refractivity contribution in [3.8, 4) is 0 Å². The second kappa shape index (κ2) is 17.0. The molecule has 1 aliphatic heterocycles. The van der Waals surface area contributed by atoms with Crippen LogP contribution >= 0.6 is 0 Å². The third-order valence-electron chi connectivity index (χ3n) is 6.86. The molecule has 1 aliphatic rings. The summed E-state index contributed by atoms with van der Waals surface area (Å²) >= 11 is 0. The van der Waals surface area contributed by atoms with Gasteiger partial charge in [0.05, 0.1) is 5.92 Å². The molecule has 2 unspecified atom stereocenters. The Morgan fingerprint density at radius 3 is 1.71 bits per heavy atom. The van der Waals surface area contributed by atoms with E-state index >= 15 is 0 Å². The highest BCUT2D eigenvalue weighted by Gasteiger charge is 2.34. The van der Waals surface area contributed by atoms with E-state index in [0.29, 0.717) is 11.8 Å². The van der Waals surface area contributed by atoms with E-state index in [-0.39, 0.29) is 0 Å². The van der Waals surface area contributed by atoms with Gasteiger partial charge in [0.25, 0.3) is 0 Å². The average Bonchev–Trinajstić information content (AvgIpc) is 3.33. The van der Waals surface area contributed by atoms with Crippen LogP contribution in [0.15, 0.2) is 40.3 Å². The van der Waals surface area contributed by atoms with Crippen molar-refractivity contribution >= 4 is 12.4 Å². The van der Waals surface area contributed by atoms with Crippen LogP contribution in [0.25, 0.3) is 0 Å². The van der Waals surface area contributed by atoms with Crippen LogP contribution < -0.4 is 0 Å². The molecule has 1 aromatic rings. The fourth-order valence-electron chi connectivity index (χ4n) is 4.89. The molecule has 0 radical (unpaired) electrons. The van der Waals surface area contributed by atoms with Crippen LogP contribution in [0.2, 0.25) is 0 Å². The normalized spacial score (nSPS) is 15.0. The van der Waals surface area contributed by atoms with E-state index in [2.05, 4.69) is 54.2 Å². The zero-order valence-corrected chi connectivity index (χ0v) is 20.4. The van der Waals surface area contributed by atoms with E-state index in [4.69, 9.17) is 0 Å². The first-order valence-electron chi connectivity index (χ1n) is 13.3. The van der Waals surface area contributed by atoms with Crippen molar-refractivity contribution in [3.05, 3.63) is 42.1 Å². The van der Waals surface area contributed by atoms with Crippen molar-refractivity contribution in [2.24, 2.45) is 21.8 Å². The second-order valence-corrected chi connectivity index (χ2v) is 9.41. The van der Waals surface area contributed by atoms with Gasteiger partial charge in [0.2, 0.25) is 6.17 Å². The maximum Gasteiger partial charge on any atom is 0.244 e. The summed E-state index contributed by atoms with van der Waals surface area (Å²) in [4.78, 5) is 9.19. The lowest BCUT2D eigenvalue weighted by Gasteiger charge is -2.24. The third-order valence-corrected chi connectivity index (χ3v) is 6.86. The van der Waals surface area contributed by atoms with Crippen molar-refractivity contribution in [1.29, 1.82) is 0 Å². The third kappa shape index (κ3) is 11.0. The van der Waals surface area contributed by atoms with Crippen molar-refractivity contribution in [2.75, 3.05) is 0 Å². The summed E-state index contributed by atoms with van der Waals surface area (Å²) in [5, 5.41) is 0. The molecule has 1 aromatic carbocycles. The SMILES string of the molecule is CCCCCCCCCCCCCCCC([C+]1N=CC=N1)C(CC)Cc1ccccc1. The van der Waals surface area contributed by atoms with E-state index in [1.807, 2.05) is 12.4 Å². The van der Waals surface area contributed by atoms with Gasteiger partial charge in [-0.25, -0.2) is 0 Å². The van der Waals surface area contributed by atoms with Crippen LogP contribution in [0.3, 0.4) is 0 Å². The van der Waals surface area contributed by atoms with Crippen molar-refractivity contribution in [3.63, 3.8) is 0 Å². The summed E-state index contributed by atoms with van der Waals surface area (Å²) in [6.45, 7) is 4.62. The molecule has 0 amide bonds. The molecule has 2 nitrogen and oxygen atoms in total. The molecule has 0 N–H and O–H groups in total. The van der Waals surface area contributed by atoms with Crippen LogP contribution in [0.1, 0.15) is 116 Å². The quantitative estimate of drug-likeness (QED) is 0.157. The van der Waals surface area contributed by atoms with Crippen LogP contribution in [0.4, 0.5) is 0 Å². The summed E-state index contributed by atoms with van der Waals surface area (Å²) in [6.07, 6.45) is 26.7. The van der Waals surface area contributed by atoms with Gasteiger partial charge < -0.3 is 0 Å². The minimum Gasteiger partial charge on any atom is -0.0965 e. The highest BCUT2D eigenvalue weighted by Crippen LogP contribution is 2.35. The number of nitrogens with zero attached hydrogens (tertiary/aromatic N) is 2. The van der Waals surface area contributed by atoms with Crippen LogP contribution in [-0.2, 0) is 6.42 Å².